The molecule has 162 valence electrons. The smallest absolute Gasteiger partial charge is 0.253 e. The quantitative estimate of drug-likeness (QED) is 0.614. The maximum atomic E-state index is 12.8. The molecule has 7 nitrogen and oxygen atoms in total. The van der Waals surface area contributed by atoms with E-state index in [1.165, 1.54) is 6.42 Å². The van der Waals surface area contributed by atoms with Crippen molar-refractivity contribution in [2.45, 2.75) is 51.1 Å². The zero-order valence-electron chi connectivity index (χ0n) is 17.2. The Bertz CT molecular complexity index is 873. The molecule has 0 aliphatic carbocycles. The molecule has 1 atom stereocenters. The highest BCUT2D eigenvalue weighted by Gasteiger charge is 2.22. The third-order valence-electron chi connectivity index (χ3n) is 5.18. The lowest BCUT2D eigenvalue weighted by Crippen LogP contribution is -2.47. The molecule has 0 bridgehead atoms. The van der Waals surface area contributed by atoms with Crippen LogP contribution in [0.2, 0.25) is 5.02 Å². The number of thioether (sulfide) groups is 1. The monoisotopic (exact) mass is 449 g/mol. The molecule has 9 heteroatoms. The van der Waals surface area contributed by atoms with E-state index in [0.29, 0.717) is 30.0 Å². The molecule has 2 heterocycles. The summed E-state index contributed by atoms with van der Waals surface area (Å²) < 4.78 is 2.18. The van der Waals surface area contributed by atoms with Gasteiger partial charge in [-0.3, -0.25) is 9.59 Å². The van der Waals surface area contributed by atoms with Gasteiger partial charge in [0.05, 0.1) is 10.6 Å². The first-order valence-electron chi connectivity index (χ1n) is 10.3. The summed E-state index contributed by atoms with van der Waals surface area (Å²) in [6, 6.07) is 6.21. The Balaban J connectivity index is 1.57. The second-order valence-electron chi connectivity index (χ2n) is 7.32. The predicted octanol–water partition coefficient (Wildman–Crippen LogP) is 2.87. The zero-order chi connectivity index (χ0) is 21.3. The van der Waals surface area contributed by atoms with E-state index in [-0.39, 0.29) is 11.8 Å². The Hall–Kier alpha value is -2.06. The van der Waals surface area contributed by atoms with Gasteiger partial charge in [-0.25, -0.2) is 0 Å². The van der Waals surface area contributed by atoms with Crippen LogP contribution >= 0.6 is 23.4 Å². The fourth-order valence-corrected chi connectivity index (χ4v) is 4.23. The van der Waals surface area contributed by atoms with Crippen LogP contribution in [-0.2, 0) is 24.2 Å². The Labute approximate surface area is 186 Å². The highest BCUT2D eigenvalue weighted by atomic mass is 35.5. The number of halogens is 1. The molecule has 0 spiro atoms. The maximum Gasteiger partial charge on any atom is 0.253 e. The van der Waals surface area contributed by atoms with Gasteiger partial charge in [0.1, 0.15) is 17.7 Å². The predicted molar refractivity (Wildman–Crippen MR) is 120 cm³/mol. The maximum absolute atomic E-state index is 12.8. The van der Waals surface area contributed by atoms with Crippen molar-refractivity contribution >= 4 is 35.2 Å². The summed E-state index contributed by atoms with van der Waals surface area (Å²) in [5, 5.41) is 14.7. The van der Waals surface area contributed by atoms with Gasteiger partial charge in [0.15, 0.2) is 0 Å². The van der Waals surface area contributed by atoms with Crippen LogP contribution in [0.4, 0.5) is 0 Å². The number of aromatic nitrogens is 3. The average molecular weight is 450 g/mol. The lowest BCUT2D eigenvalue weighted by atomic mass is 10.1. The molecular formula is C21H28ClN5O2S. The van der Waals surface area contributed by atoms with Crippen molar-refractivity contribution in [3.8, 4) is 0 Å². The summed E-state index contributed by atoms with van der Waals surface area (Å²) >= 11 is 7.75. The summed E-state index contributed by atoms with van der Waals surface area (Å²) in [6.45, 7) is 1.39. The van der Waals surface area contributed by atoms with Crippen LogP contribution in [-0.4, -0.2) is 51.2 Å². The summed E-state index contributed by atoms with van der Waals surface area (Å²) in [7, 11) is 0. The number of benzene rings is 1. The van der Waals surface area contributed by atoms with Crippen LogP contribution in [0.5, 0.6) is 0 Å². The SMILES string of the molecule is CSCCC(NC(=O)c1ccccc1Cl)C(=O)NCCc1nnc2n1CCCCC2. The third kappa shape index (κ3) is 5.98. The fourth-order valence-electron chi connectivity index (χ4n) is 3.54. The zero-order valence-corrected chi connectivity index (χ0v) is 18.8. The average Bonchev–Trinajstić information content (AvgIpc) is 2.97. The second-order valence-corrected chi connectivity index (χ2v) is 8.72. The number of fused-ring (bicyclic) bond motifs is 1. The van der Waals surface area contributed by atoms with Crippen LogP contribution in [0.3, 0.4) is 0 Å². The number of carbonyl (C=O) groups is 2. The number of hydrogen-bond acceptors (Lipinski definition) is 5. The fraction of sp³-hybridized carbons (Fsp3) is 0.524. The minimum atomic E-state index is -0.614. The molecule has 1 aliphatic rings. The molecule has 2 amide bonds. The number of carbonyl (C=O) groups excluding carboxylic acids is 2. The summed E-state index contributed by atoms with van der Waals surface area (Å²) in [6.07, 6.45) is 7.59. The van der Waals surface area contributed by atoms with Crippen LogP contribution in [0, 0.1) is 0 Å². The van der Waals surface area contributed by atoms with Crippen molar-refractivity contribution in [2.75, 3.05) is 18.6 Å². The second kappa shape index (κ2) is 11.4. The highest BCUT2D eigenvalue weighted by Crippen LogP contribution is 2.16. The Kier molecular flexibility index (Phi) is 8.57. The van der Waals surface area contributed by atoms with Gasteiger partial charge < -0.3 is 15.2 Å². The molecular weight excluding hydrogens is 422 g/mol. The summed E-state index contributed by atoms with van der Waals surface area (Å²) in [4.78, 5) is 25.4. The van der Waals surface area contributed by atoms with Crippen LogP contribution in [0.1, 0.15) is 47.7 Å². The third-order valence-corrected chi connectivity index (χ3v) is 6.16. The van der Waals surface area contributed by atoms with Crippen molar-refractivity contribution in [3.63, 3.8) is 0 Å². The minimum Gasteiger partial charge on any atom is -0.354 e. The van der Waals surface area contributed by atoms with Gasteiger partial charge in [-0.2, -0.15) is 11.8 Å². The van der Waals surface area contributed by atoms with Crippen LogP contribution < -0.4 is 10.6 Å². The number of hydrogen-bond donors (Lipinski definition) is 2. The minimum absolute atomic E-state index is 0.194. The molecule has 0 saturated carbocycles. The van der Waals surface area contributed by atoms with E-state index in [1.807, 2.05) is 6.26 Å². The van der Waals surface area contributed by atoms with E-state index < -0.39 is 6.04 Å². The van der Waals surface area contributed by atoms with Gasteiger partial charge in [0.2, 0.25) is 5.91 Å². The van der Waals surface area contributed by atoms with E-state index in [2.05, 4.69) is 25.4 Å². The molecule has 0 saturated heterocycles. The number of amides is 2. The molecule has 1 aromatic heterocycles. The topological polar surface area (TPSA) is 88.9 Å². The van der Waals surface area contributed by atoms with Gasteiger partial charge in [-0.1, -0.05) is 30.2 Å². The van der Waals surface area contributed by atoms with Gasteiger partial charge >= 0.3 is 0 Å². The van der Waals surface area contributed by atoms with E-state index in [4.69, 9.17) is 11.6 Å². The highest BCUT2D eigenvalue weighted by molar-refractivity contribution is 7.98. The summed E-state index contributed by atoms with van der Waals surface area (Å²) in [5.41, 5.74) is 0.368. The van der Waals surface area contributed by atoms with Crippen LogP contribution in [0.15, 0.2) is 24.3 Å². The molecule has 3 rings (SSSR count). The molecule has 2 N–H and O–H groups in total. The van der Waals surface area contributed by atoms with Gasteiger partial charge in [0, 0.05) is 25.9 Å². The van der Waals surface area contributed by atoms with Gasteiger partial charge in [-0.15, -0.1) is 10.2 Å². The van der Waals surface area contributed by atoms with Crippen molar-refractivity contribution in [1.82, 2.24) is 25.4 Å². The van der Waals surface area contributed by atoms with Crippen molar-refractivity contribution in [1.29, 1.82) is 0 Å². The van der Waals surface area contributed by atoms with Gasteiger partial charge in [-0.05, 0) is 43.4 Å². The lowest BCUT2D eigenvalue weighted by molar-refractivity contribution is -0.123. The number of aryl methyl sites for hydroxylation is 1. The van der Waals surface area contributed by atoms with Crippen LogP contribution in [0.25, 0.3) is 0 Å². The first kappa shape index (κ1) is 22.6. The number of nitrogens with zero attached hydrogens (tertiary/aromatic N) is 3. The standard InChI is InChI=1S/C21H28ClN5O2S/c1-30-14-11-17(24-20(28)15-7-4-5-8-16(15)22)21(29)23-12-10-19-26-25-18-9-3-2-6-13-27(18)19/h4-5,7-8,17H,2-3,6,9-14H2,1H3,(H,23,29)(H,24,28). The normalized spacial score (nSPS) is 14.5. The van der Waals surface area contributed by atoms with Crippen molar-refractivity contribution in [3.05, 3.63) is 46.5 Å². The lowest BCUT2D eigenvalue weighted by Gasteiger charge is -2.18. The van der Waals surface area contributed by atoms with Crippen molar-refractivity contribution in [2.24, 2.45) is 0 Å². The number of nitrogens with one attached hydrogen (secondary N) is 2. The number of rotatable bonds is 9. The first-order valence-corrected chi connectivity index (χ1v) is 12.1. The van der Waals surface area contributed by atoms with E-state index in [9.17, 15) is 9.59 Å². The molecule has 1 aliphatic heterocycles. The summed E-state index contributed by atoms with van der Waals surface area (Å²) in [5.74, 6) is 2.18. The largest absolute Gasteiger partial charge is 0.354 e. The molecule has 0 radical (unpaired) electrons. The molecule has 30 heavy (non-hydrogen) atoms. The Morgan fingerprint density at radius 1 is 1.23 bits per heavy atom. The molecule has 0 fully saturated rings. The van der Waals surface area contributed by atoms with E-state index >= 15 is 0 Å². The first-order chi connectivity index (χ1) is 14.6. The van der Waals surface area contributed by atoms with Gasteiger partial charge in [0.25, 0.3) is 5.91 Å². The Morgan fingerprint density at radius 3 is 2.87 bits per heavy atom. The van der Waals surface area contributed by atoms with Crippen molar-refractivity contribution < 1.29 is 9.59 Å². The van der Waals surface area contributed by atoms with E-state index in [0.717, 1.165) is 43.2 Å². The molecule has 2 aromatic rings. The Morgan fingerprint density at radius 2 is 2.07 bits per heavy atom. The molecule has 1 aromatic carbocycles. The van der Waals surface area contributed by atoms with E-state index in [1.54, 1.807) is 36.0 Å². The molecule has 1 unspecified atom stereocenters.